The van der Waals surface area contributed by atoms with Gasteiger partial charge in [-0.25, -0.2) is 9.97 Å². The van der Waals surface area contributed by atoms with Crippen molar-refractivity contribution in [3.05, 3.63) is 17.6 Å². The second-order valence-corrected chi connectivity index (χ2v) is 7.13. The number of hydrogen-bond donors (Lipinski definition) is 1. The first kappa shape index (κ1) is 16.7. The lowest BCUT2D eigenvalue weighted by Gasteiger charge is -2.23. The standard InChI is InChI=1S/C18H30N4O/c1-3-6-17-9-18(20-14(2)19-17)22-11-15(16(12-22)13-23)10-21-7-4-5-8-21/h9,15-16,23H,3-8,10-13H2,1-2H3/t15-,16-/m1/s1. The summed E-state index contributed by atoms with van der Waals surface area (Å²) in [4.78, 5) is 14.1. The van der Waals surface area contributed by atoms with Crippen LogP contribution >= 0.6 is 0 Å². The van der Waals surface area contributed by atoms with Crippen LogP contribution in [0.2, 0.25) is 0 Å². The maximum atomic E-state index is 9.79. The van der Waals surface area contributed by atoms with E-state index in [0.717, 1.165) is 49.8 Å². The molecule has 1 aromatic rings. The van der Waals surface area contributed by atoms with Gasteiger partial charge in [0.25, 0.3) is 0 Å². The van der Waals surface area contributed by atoms with Crippen LogP contribution in [-0.4, -0.2) is 59.3 Å². The van der Waals surface area contributed by atoms with Gasteiger partial charge in [-0.3, -0.25) is 0 Å². The molecule has 0 unspecified atom stereocenters. The molecule has 1 N–H and O–H groups in total. The number of aryl methyl sites for hydroxylation is 2. The van der Waals surface area contributed by atoms with Gasteiger partial charge in [-0.05, 0) is 45.2 Å². The minimum absolute atomic E-state index is 0.279. The van der Waals surface area contributed by atoms with E-state index in [1.54, 1.807) is 0 Å². The highest BCUT2D eigenvalue weighted by Crippen LogP contribution is 2.29. The number of aliphatic hydroxyl groups is 1. The predicted octanol–water partition coefficient (Wildman–Crippen LogP) is 1.88. The van der Waals surface area contributed by atoms with Crippen molar-refractivity contribution < 1.29 is 5.11 Å². The Morgan fingerprint density at radius 2 is 1.91 bits per heavy atom. The van der Waals surface area contributed by atoms with Crippen LogP contribution in [0.25, 0.3) is 0 Å². The molecule has 2 aliphatic heterocycles. The minimum Gasteiger partial charge on any atom is -0.396 e. The normalized spacial score (nSPS) is 25.4. The Bertz CT molecular complexity index is 516. The molecule has 0 bridgehead atoms. The van der Waals surface area contributed by atoms with E-state index in [0.29, 0.717) is 11.8 Å². The number of nitrogens with zero attached hydrogens (tertiary/aromatic N) is 4. The average Bonchev–Trinajstić information content (AvgIpc) is 3.17. The minimum atomic E-state index is 0.279. The van der Waals surface area contributed by atoms with E-state index < -0.39 is 0 Å². The third-order valence-electron chi connectivity index (χ3n) is 5.21. The molecule has 23 heavy (non-hydrogen) atoms. The molecule has 3 rings (SSSR count). The lowest BCUT2D eigenvalue weighted by molar-refractivity contribution is 0.176. The van der Waals surface area contributed by atoms with Gasteiger partial charge in [0.1, 0.15) is 11.6 Å². The molecular weight excluding hydrogens is 288 g/mol. The fourth-order valence-electron chi connectivity index (χ4n) is 3.99. The van der Waals surface area contributed by atoms with Crippen LogP contribution in [0.3, 0.4) is 0 Å². The Balaban J connectivity index is 1.70. The first-order valence-corrected chi connectivity index (χ1v) is 9.12. The summed E-state index contributed by atoms with van der Waals surface area (Å²) in [5, 5.41) is 9.79. The van der Waals surface area contributed by atoms with Crippen LogP contribution in [0.4, 0.5) is 5.82 Å². The van der Waals surface area contributed by atoms with Crippen molar-refractivity contribution in [3.63, 3.8) is 0 Å². The SMILES string of the molecule is CCCc1cc(N2C[C@@H](CN3CCCC3)[C@@H](CO)C2)nc(C)n1. The first-order valence-electron chi connectivity index (χ1n) is 9.12. The summed E-state index contributed by atoms with van der Waals surface area (Å²) in [6, 6.07) is 2.14. The highest BCUT2D eigenvalue weighted by Gasteiger charge is 2.34. The molecule has 0 saturated carbocycles. The van der Waals surface area contributed by atoms with Crippen LogP contribution < -0.4 is 4.90 Å². The summed E-state index contributed by atoms with van der Waals surface area (Å²) in [5.41, 5.74) is 1.14. The van der Waals surface area contributed by atoms with Crippen molar-refractivity contribution in [1.82, 2.24) is 14.9 Å². The highest BCUT2D eigenvalue weighted by atomic mass is 16.3. The van der Waals surface area contributed by atoms with Crippen LogP contribution in [0.5, 0.6) is 0 Å². The van der Waals surface area contributed by atoms with E-state index >= 15 is 0 Å². The molecule has 0 aliphatic carbocycles. The van der Waals surface area contributed by atoms with E-state index in [1.807, 2.05) is 6.92 Å². The molecule has 0 aromatic carbocycles. The zero-order chi connectivity index (χ0) is 16.2. The van der Waals surface area contributed by atoms with E-state index in [1.165, 1.54) is 25.9 Å². The first-order chi connectivity index (χ1) is 11.2. The Kier molecular flexibility index (Phi) is 5.49. The van der Waals surface area contributed by atoms with E-state index in [9.17, 15) is 5.11 Å². The van der Waals surface area contributed by atoms with E-state index in [2.05, 4.69) is 32.8 Å². The number of aromatic nitrogens is 2. The monoisotopic (exact) mass is 318 g/mol. The number of anilines is 1. The van der Waals surface area contributed by atoms with Crippen LogP contribution in [0.1, 0.15) is 37.7 Å². The summed E-state index contributed by atoms with van der Waals surface area (Å²) < 4.78 is 0. The highest BCUT2D eigenvalue weighted by molar-refractivity contribution is 5.41. The van der Waals surface area contributed by atoms with Gasteiger partial charge < -0.3 is 14.9 Å². The molecule has 0 radical (unpaired) electrons. The summed E-state index contributed by atoms with van der Waals surface area (Å²) >= 11 is 0. The van der Waals surface area contributed by atoms with Crippen molar-refractivity contribution in [1.29, 1.82) is 0 Å². The molecule has 128 valence electrons. The lowest BCUT2D eigenvalue weighted by atomic mass is 9.96. The van der Waals surface area contributed by atoms with Crippen molar-refractivity contribution in [2.45, 2.75) is 39.5 Å². The Morgan fingerprint density at radius 3 is 2.61 bits per heavy atom. The van der Waals surface area contributed by atoms with Gasteiger partial charge in [-0.15, -0.1) is 0 Å². The Hall–Kier alpha value is -1.20. The zero-order valence-electron chi connectivity index (χ0n) is 14.5. The van der Waals surface area contributed by atoms with Crippen LogP contribution in [0.15, 0.2) is 6.07 Å². The molecule has 2 aliphatic rings. The number of aliphatic hydroxyl groups excluding tert-OH is 1. The van der Waals surface area contributed by atoms with E-state index in [4.69, 9.17) is 0 Å². The van der Waals surface area contributed by atoms with Crippen molar-refractivity contribution in [2.75, 3.05) is 44.2 Å². The number of rotatable bonds is 6. The maximum absolute atomic E-state index is 9.79. The molecule has 3 heterocycles. The molecule has 5 nitrogen and oxygen atoms in total. The molecule has 0 amide bonds. The summed E-state index contributed by atoms with van der Waals surface area (Å²) in [6.07, 6.45) is 4.76. The second-order valence-electron chi connectivity index (χ2n) is 7.13. The van der Waals surface area contributed by atoms with Crippen molar-refractivity contribution in [2.24, 2.45) is 11.8 Å². The average molecular weight is 318 g/mol. The molecule has 2 fully saturated rings. The molecular formula is C18H30N4O. The Labute approximate surface area is 139 Å². The van der Waals surface area contributed by atoms with Gasteiger partial charge in [-0.1, -0.05) is 13.3 Å². The fraction of sp³-hybridized carbons (Fsp3) is 0.778. The molecule has 5 heteroatoms. The fourth-order valence-corrected chi connectivity index (χ4v) is 3.99. The van der Waals surface area contributed by atoms with Gasteiger partial charge in [0.2, 0.25) is 0 Å². The number of likely N-dealkylation sites (tertiary alicyclic amines) is 1. The van der Waals surface area contributed by atoms with Gasteiger partial charge in [-0.2, -0.15) is 0 Å². The van der Waals surface area contributed by atoms with Gasteiger partial charge in [0, 0.05) is 43.9 Å². The van der Waals surface area contributed by atoms with Gasteiger partial charge >= 0.3 is 0 Å². The van der Waals surface area contributed by atoms with Crippen molar-refractivity contribution >= 4 is 5.82 Å². The maximum Gasteiger partial charge on any atom is 0.132 e. The molecule has 1 aromatic heterocycles. The smallest absolute Gasteiger partial charge is 0.132 e. The topological polar surface area (TPSA) is 52.5 Å². The zero-order valence-corrected chi connectivity index (χ0v) is 14.5. The van der Waals surface area contributed by atoms with Crippen molar-refractivity contribution in [3.8, 4) is 0 Å². The largest absolute Gasteiger partial charge is 0.396 e. The molecule has 2 atom stereocenters. The van der Waals surface area contributed by atoms with Gasteiger partial charge in [0.15, 0.2) is 0 Å². The molecule has 2 saturated heterocycles. The summed E-state index contributed by atoms with van der Waals surface area (Å²) in [7, 11) is 0. The third-order valence-corrected chi connectivity index (χ3v) is 5.21. The van der Waals surface area contributed by atoms with Crippen LogP contribution in [-0.2, 0) is 6.42 Å². The third kappa shape index (κ3) is 4.01. The predicted molar refractivity (Wildman–Crippen MR) is 92.7 cm³/mol. The lowest BCUT2D eigenvalue weighted by Crippen LogP contribution is -2.32. The van der Waals surface area contributed by atoms with Gasteiger partial charge in [0.05, 0.1) is 0 Å². The van der Waals surface area contributed by atoms with Crippen LogP contribution in [0, 0.1) is 18.8 Å². The Morgan fingerprint density at radius 1 is 1.17 bits per heavy atom. The number of hydrogen-bond acceptors (Lipinski definition) is 5. The summed E-state index contributed by atoms with van der Waals surface area (Å²) in [6.45, 7) is 9.92. The van der Waals surface area contributed by atoms with E-state index in [-0.39, 0.29) is 6.61 Å². The quantitative estimate of drug-likeness (QED) is 0.868. The second kappa shape index (κ2) is 7.58. The molecule has 0 spiro atoms. The summed E-state index contributed by atoms with van der Waals surface area (Å²) in [5.74, 6) is 2.81.